The van der Waals surface area contributed by atoms with Crippen LogP contribution in [0.2, 0.25) is 0 Å². The van der Waals surface area contributed by atoms with E-state index in [2.05, 4.69) is 39.8 Å². The highest BCUT2D eigenvalue weighted by Crippen LogP contribution is 2.70. The van der Waals surface area contributed by atoms with E-state index in [0.717, 1.165) is 19.3 Å². The predicted octanol–water partition coefficient (Wildman–Crippen LogP) is 5.86. The van der Waals surface area contributed by atoms with Crippen LogP contribution < -0.4 is 0 Å². The molecule has 4 rings (SSSR count). The van der Waals surface area contributed by atoms with Gasteiger partial charge in [-0.05, 0) is 66.4 Å². The zero-order valence-corrected chi connectivity index (χ0v) is 16.8. The first-order chi connectivity index (χ1) is 12.2. The molecule has 3 aliphatic carbocycles. The van der Waals surface area contributed by atoms with Crippen LogP contribution in [0.25, 0.3) is 5.57 Å². The Balaban J connectivity index is 1.76. The standard InChI is InChI=1S/C23H32O3/c1-15(24)26-20-9-11-21(2,3)18-8-12-22(4)17(16-10-13-25-14-16)6-7-19(22)23(18,20)5/h6,10,13-14,18-20H,7-9,11-12H2,1-5H3/t18-,19-,20+,22+,23-/m1/s1. The predicted molar refractivity (Wildman–Crippen MR) is 102 cm³/mol. The van der Waals surface area contributed by atoms with Crippen molar-refractivity contribution in [3.8, 4) is 0 Å². The summed E-state index contributed by atoms with van der Waals surface area (Å²) >= 11 is 0. The van der Waals surface area contributed by atoms with E-state index in [1.54, 1.807) is 13.2 Å². The summed E-state index contributed by atoms with van der Waals surface area (Å²) in [6.07, 6.45) is 11.7. The number of rotatable bonds is 2. The van der Waals surface area contributed by atoms with Crippen LogP contribution in [-0.2, 0) is 9.53 Å². The Hall–Kier alpha value is -1.51. The Kier molecular flexibility index (Phi) is 3.95. The van der Waals surface area contributed by atoms with Crippen molar-refractivity contribution in [1.82, 2.24) is 0 Å². The molecule has 0 spiro atoms. The minimum absolute atomic E-state index is 0.0163. The Morgan fingerprint density at radius 2 is 1.92 bits per heavy atom. The van der Waals surface area contributed by atoms with Crippen LogP contribution in [0.5, 0.6) is 0 Å². The first-order valence-corrected chi connectivity index (χ1v) is 10.1. The van der Waals surface area contributed by atoms with Crippen LogP contribution >= 0.6 is 0 Å². The molecule has 1 heterocycles. The number of allylic oxidation sites excluding steroid dienone is 2. The monoisotopic (exact) mass is 356 g/mol. The van der Waals surface area contributed by atoms with E-state index < -0.39 is 0 Å². The summed E-state index contributed by atoms with van der Waals surface area (Å²) in [5.74, 6) is 0.953. The van der Waals surface area contributed by atoms with Crippen molar-refractivity contribution >= 4 is 11.5 Å². The SMILES string of the molecule is CC(=O)O[C@H]1CCC(C)(C)[C@H]2CC[C@@]3(C)C(c4ccoc4)=CC[C@H]3[C@]12C. The van der Waals surface area contributed by atoms with Gasteiger partial charge in [0.25, 0.3) is 0 Å². The quantitative estimate of drug-likeness (QED) is 0.623. The van der Waals surface area contributed by atoms with Gasteiger partial charge in [-0.3, -0.25) is 4.79 Å². The summed E-state index contributed by atoms with van der Waals surface area (Å²) in [7, 11) is 0. The fourth-order valence-electron chi connectivity index (χ4n) is 7.09. The fraction of sp³-hybridized carbons (Fsp3) is 0.696. The molecule has 1 aromatic rings. The second-order valence-electron chi connectivity index (χ2n) is 9.92. The van der Waals surface area contributed by atoms with Gasteiger partial charge in [-0.15, -0.1) is 0 Å². The van der Waals surface area contributed by atoms with Gasteiger partial charge in [0.05, 0.1) is 12.5 Å². The molecule has 0 bridgehead atoms. The average molecular weight is 357 g/mol. The topological polar surface area (TPSA) is 39.4 Å². The molecule has 0 N–H and O–H groups in total. The summed E-state index contributed by atoms with van der Waals surface area (Å²) in [5, 5.41) is 0. The molecule has 0 saturated heterocycles. The molecular formula is C23H32O3. The van der Waals surface area contributed by atoms with Gasteiger partial charge in [-0.25, -0.2) is 0 Å². The maximum absolute atomic E-state index is 11.9. The van der Waals surface area contributed by atoms with Crippen molar-refractivity contribution in [1.29, 1.82) is 0 Å². The number of esters is 1. The van der Waals surface area contributed by atoms with Crippen LogP contribution in [0.3, 0.4) is 0 Å². The second kappa shape index (κ2) is 5.74. The normalized spacial score (nSPS) is 41.1. The number of ether oxygens (including phenoxy) is 1. The molecule has 2 saturated carbocycles. The van der Waals surface area contributed by atoms with Gasteiger partial charge in [0, 0.05) is 17.9 Å². The summed E-state index contributed by atoms with van der Waals surface area (Å²) < 4.78 is 11.3. The third-order valence-corrected chi connectivity index (χ3v) is 8.22. The Morgan fingerprint density at radius 3 is 2.58 bits per heavy atom. The lowest BCUT2D eigenvalue weighted by Gasteiger charge is -2.63. The minimum Gasteiger partial charge on any atom is -0.472 e. The van der Waals surface area contributed by atoms with Gasteiger partial charge >= 0.3 is 5.97 Å². The summed E-state index contributed by atoms with van der Waals surface area (Å²) in [5.41, 5.74) is 3.09. The Bertz CT molecular complexity index is 729. The lowest BCUT2D eigenvalue weighted by molar-refractivity contribution is -0.198. The molecule has 26 heavy (non-hydrogen) atoms. The van der Waals surface area contributed by atoms with Crippen LogP contribution in [0.15, 0.2) is 29.1 Å². The van der Waals surface area contributed by atoms with Gasteiger partial charge in [0.15, 0.2) is 0 Å². The van der Waals surface area contributed by atoms with Gasteiger partial charge in [0.2, 0.25) is 0 Å². The number of carbonyl (C=O) groups is 1. The number of furan rings is 1. The highest BCUT2D eigenvalue weighted by Gasteiger charge is 2.64. The molecule has 0 amide bonds. The van der Waals surface area contributed by atoms with Gasteiger partial charge in [0.1, 0.15) is 6.10 Å². The average Bonchev–Trinajstić information content (AvgIpc) is 3.17. The highest BCUT2D eigenvalue weighted by molar-refractivity contribution is 5.72. The number of hydrogen-bond donors (Lipinski definition) is 0. The molecule has 3 aliphatic rings. The van der Waals surface area contributed by atoms with E-state index in [1.165, 1.54) is 24.0 Å². The molecular weight excluding hydrogens is 324 g/mol. The van der Waals surface area contributed by atoms with Crippen LogP contribution in [-0.4, -0.2) is 12.1 Å². The zero-order valence-electron chi connectivity index (χ0n) is 16.8. The maximum atomic E-state index is 11.9. The van der Waals surface area contributed by atoms with Crippen molar-refractivity contribution in [2.75, 3.05) is 0 Å². The van der Waals surface area contributed by atoms with Gasteiger partial charge in [-0.2, -0.15) is 0 Å². The first-order valence-electron chi connectivity index (χ1n) is 10.1. The van der Waals surface area contributed by atoms with E-state index in [9.17, 15) is 4.79 Å². The van der Waals surface area contributed by atoms with Gasteiger partial charge in [-0.1, -0.05) is 33.8 Å². The molecule has 0 aromatic carbocycles. The highest BCUT2D eigenvalue weighted by atomic mass is 16.5. The molecule has 2 fully saturated rings. The number of fused-ring (bicyclic) bond motifs is 3. The van der Waals surface area contributed by atoms with Crippen LogP contribution in [0, 0.1) is 28.1 Å². The first kappa shape index (κ1) is 17.9. The smallest absolute Gasteiger partial charge is 0.302 e. The molecule has 0 radical (unpaired) electrons. The molecule has 142 valence electrons. The van der Waals surface area contributed by atoms with E-state index in [-0.39, 0.29) is 22.9 Å². The van der Waals surface area contributed by atoms with E-state index in [4.69, 9.17) is 9.15 Å². The molecule has 5 atom stereocenters. The zero-order chi connectivity index (χ0) is 18.7. The Morgan fingerprint density at radius 1 is 1.15 bits per heavy atom. The van der Waals surface area contributed by atoms with E-state index >= 15 is 0 Å². The number of carbonyl (C=O) groups excluding carboxylic acids is 1. The fourth-order valence-corrected chi connectivity index (χ4v) is 7.09. The van der Waals surface area contributed by atoms with Crippen molar-refractivity contribution < 1.29 is 13.9 Å². The van der Waals surface area contributed by atoms with E-state index in [0.29, 0.717) is 17.3 Å². The van der Waals surface area contributed by atoms with Crippen molar-refractivity contribution in [3.63, 3.8) is 0 Å². The van der Waals surface area contributed by atoms with Crippen LogP contribution in [0.4, 0.5) is 0 Å². The summed E-state index contributed by atoms with van der Waals surface area (Å²) in [6.45, 7) is 11.2. The van der Waals surface area contributed by atoms with Crippen molar-refractivity contribution in [2.24, 2.45) is 28.1 Å². The van der Waals surface area contributed by atoms with E-state index in [1.807, 2.05) is 6.26 Å². The van der Waals surface area contributed by atoms with Crippen molar-refractivity contribution in [2.45, 2.75) is 72.8 Å². The maximum Gasteiger partial charge on any atom is 0.302 e. The lowest BCUT2D eigenvalue weighted by atomic mass is 9.42. The minimum atomic E-state index is -0.136. The molecule has 3 nitrogen and oxygen atoms in total. The van der Waals surface area contributed by atoms with Crippen molar-refractivity contribution in [3.05, 3.63) is 30.2 Å². The number of hydrogen-bond acceptors (Lipinski definition) is 3. The Labute approximate surface area is 157 Å². The third kappa shape index (κ3) is 2.35. The molecule has 3 heteroatoms. The molecule has 0 aliphatic heterocycles. The lowest BCUT2D eigenvalue weighted by Crippen LogP contribution is -2.60. The largest absolute Gasteiger partial charge is 0.472 e. The van der Waals surface area contributed by atoms with Gasteiger partial charge < -0.3 is 9.15 Å². The van der Waals surface area contributed by atoms with Crippen LogP contribution in [0.1, 0.15) is 72.3 Å². The second-order valence-corrected chi connectivity index (χ2v) is 9.92. The third-order valence-electron chi connectivity index (χ3n) is 8.22. The summed E-state index contributed by atoms with van der Waals surface area (Å²) in [4.78, 5) is 11.9. The molecule has 1 aromatic heterocycles. The summed E-state index contributed by atoms with van der Waals surface area (Å²) in [6, 6.07) is 2.09. The molecule has 0 unspecified atom stereocenters.